The van der Waals surface area contributed by atoms with Gasteiger partial charge < -0.3 is 32.3 Å². The maximum Gasteiger partial charge on any atom is 0.320 e. The molecule has 0 aromatic heterocycles. The molecule has 9 nitrogen and oxygen atoms in total. The highest BCUT2D eigenvalue weighted by Gasteiger charge is 2.08. The molecular formula is C11H24N2O7. The maximum atomic E-state index is 10.0. The first-order chi connectivity index (χ1) is 8.81. The lowest BCUT2D eigenvalue weighted by molar-refractivity contribution is -0.139. The third-order valence-electron chi connectivity index (χ3n) is 2.07. The highest BCUT2D eigenvalue weighted by Crippen LogP contribution is 1.98. The van der Waals surface area contributed by atoms with Crippen molar-refractivity contribution in [3.05, 3.63) is 0 Å². The van der Waals surface area contributed by atoms with Crippen LogP contribution in [0.15, 0.2) is 0 Å². The molecule has 0 bridgehead atoms. The Balaban J connectivity index is -0.000000277. The van der Waals surface area contributed by atoms with Crippen LogP contribution in [0.25, 0.3) is 0 Å². The predicted molar refractivity (Wildman–Crippen MR) is 71.3 cm³/mol. The lowest BCUT2D eigenvalue weighted by atomic mass is 10.2. The second kappa shape index (κ2) is 15.3. The van der Waals surface area contributed by atoms with Crippen molar-refractivity contribution in [1.82, 2.24) is 0 Å². The van der Waals surface area contributed by atoms with E-state index in [1.807, 2.05) is 0 Å². The van der Waals surface area contributed by atoms with Crippen molar-refractivity contribution in [2.75, 3.05) is 6.54 Å². The summed E-state index contributed by atoms with van der Waals surface area (Å²) in [6, 6.07) is -0.742. The lowest BCUT2D eigenvalue weighted by Crippen LogP contribution is -2.30. The van der Waals surface area contributed by atoms with Crippen LogP contribution in [-0.4, -0.2) is 51.3 Å². The van der Waals surface area contributed by atoms with E-state index in [0.29, 0.717) is 32.2 Å². The standard InChI is InChI=1S/C6H10O4.C5H12N2O2.H2O/c7-5(8)3-1-2-4-6(9)10;6-3-1-2-4(7)5(8)9;/h1-4H2,(H,7,8)(H,9,10);4H,1-3,6-7H2,(H,8,9);1H2/t;4-;/m.0./s1. The van der Waals surface area contributed by atoms with Gasteiger partial charge >= 0.3 is 17.9 Å². The number of nitrogens with two attached hydrogens (primary N) is 2. The Morgan fingerprint density at radius 2 is 1.30 bits per heavy atom. The minimum Gasteiger partial charge on any atom is -0.481 e. The van der Waals surface area contributed by atoms with Crippen LogP contribution >= 0.6 is 0 Å². The van der Waals surface area contributed by atoms with E-state index >= 15 is 0 Å². The minimum atomic E-state index is -0.955. The van der Waals surface area contributed by atoms with Crippen LogP contribution < -0.4 is 11.5 Å². The van der Waals surface area contributed by atoms with Gasteiger partial charge in [0.15, 0.2) is 0 Å². The molecule has 9 N–H and O–H groups in total. The van der Waals surface area contributed by atoms with Gasteiger partial charge in [0, 0.05) is 12.8 Å². The molecule has 20 heavy (non-hydrogen) atoms. The van der Waals surface area contributed by atoms with Crippen LogP contribution in [0.3, 0.4) is 0 Å². The summed E-state index contributed by atoms with van der Waals surface area (Å²) >= 11 is 0. The Kier molecular flexibility index (Phi) is 17.9. The topological polar surface area (TPSA) is 195 Å². The quantitative estimate of drug-likeness (QED) is 0.335. The van der Waals surface area contributed by atoms with Gasteiger partial charge in [0.25, 0.3) is 0 Å². The van der Waals surface area contributed by atoms with Gasteiger partial charge in [-0.2, -0.15) is 0 Å². The second-order valence-corrected chi connectivity index (χ2v) is 3.87. The molecule has 0 radical (unpaired) electrons. The molecule has 0 spiro atoms. The van der Waals surface area contributed by atoms with E-state index < -0.39 is 23.9 Å². The van der Waals surface area contributed by atoms with Gasteiger partial charge in [-0.15, -0.1) is 0 Å². The molecule has 1 atom stereocenters. The van der Waals surface area contributed by atoms with Crippen molar-refractivity contribution in [2.24, 2.45) is 11.5 Å². The molecule has 0 fully saturated rings. The Hall–Kier alpha value is -1.71. The molecule has 120 valence electrons. The summed E-state index contributed by atoms with van der Waals surface area (Å²) in [5, 5.41) is 24.5. The Morgan fingerprint density at radius 3 is 1.55 bits per heavy atom. The molecule has 0 amide bonds. The van der Waals surface area contributed by atoms with E-state index in [0.717, 1.165) is 0 Å². The van der Waals surface area contributed by atoms with Crippen LogP contribution in [0.4, 0.5) is 0 Å². The van der Waals surface area contributed by atoms with E-state index in [4.69, 9.17) is 26.8 Å². The van der Waals surface area contributed by atoms with Gasteiger partial charge in [0.2, 0.25) is 0 Å². The number of unbranched alkanes of at least 4 members (excludes halogenated alkanes) is 1. The average Bonchev–Trinajstić information content (AvgIpc) is 2.31. The minimum absolute atomic E-state index is 0. The first-order valence-electron chi connectivity index (χ1n) is 5.93. The van der Waals surface area contributed by atoms with Crippen molar-refractivity contribution >= 4 is 17.9 Å². The van der Waals surface area contributed by atoms with Gasteiger partial charge in [0.1, 0.15) is 6.04 Å². The molecule has 0 saturated heterocycles. The zero-order valence-corrected chi connectivity index (χ0v) is 11.2. The fourth-order valence-electron chi connectivity index (χ4n) is 1.01. The number of carbonyl (C=O) groups is 3. The summed E-state index contributed by atoms with van der Waals surface area (Å²) in [5.41, 5.74) is 10.3. The lowest BCUT2D eigenvalue weighted by Gasteiger charge is -2.02. The van der Waals surface area contributed by atoms with Crippen molar-refractivity contribution in [3.63, 3.8) is 0 Å². The van der Waals surface area contributed by atoms with E-state index in [2.05, 4.69) is 0 Å². The van der Waals surface area contributed by atoms with Crippen molar-refractivity contribution in [1.29, 1.82) is 0 Å². The van der Waals surface area contributed by atoms with Crippen LogP contribution in [0.2, 0.25) is 0 Å². The summed E-state index contributed by atoms with van der Waals surface area (Å²) in [7, 11) is 0. The smallest absolute Gasteiger partial charge is 0.320 e. The van der Waals surface area contributed by atoms with Crippen molar-refractivity contribution in [2.45, 2.75) is 44.6 Å². The molecule has 9 heteroatoms. The Morgan fingerprint density at radius 1 is 0.900 bits per heavy atom. The first kappa shape index (κ1) is 23.4. The first-order valence-corrected chi connectivity index (χ1v) is 5.93. The van der Waals surface area contributed by atoms with Gasteiger partial charge in [-0.3, -0.25) is 14.4 Å². The van der Waals surface area contributed by atoms with E-state index in [9.17, 15) is 14.4 Å². The highest BCUT2D eigenvalue weighted by atomic mass is 16.4. The fourth-order valence-corrected chi connectivity index (χ4v) is 1.01. The molecule has 0 aromatic carbocycles. The van der Waals surface area contributed by atoms with Gasteiger partial charge in [-0.05, 0) is 32.2 Å². The number of aliphatic carboxylic acids is 3. The third-order valence-corrected chi connectivity index (χ3v) is 2.07. The number of hydrogen-bond donors (Lipinski definition) is 5. The second-order valence-electron chi connectivity index (χ2n) is 3.87. The molecular weight excluding hydrogens is 272 g/mol. The average molecular weight is 296 g/mol. The number of hydrogen-bond acceptors (Lipinski definition) is 5. The summed E-state index contributed by atoms with van der Waals surface area (Å²) in [4.78, 5) is 29.8. The Bertz CT molecular complexity index is 268. The highest BCUT2D eigenvalue weighted by molar-refractivity contribution is 5.72. The number of rotatable bonds is 9. The molecule has 0 heterocycles. The molecule has 0 aliphatic rings. The summed E-state index contributed by atoms with van der Waals surface area (Å²) < 4.78 is 0. The summed E-state index contributed by atoms with van der Waals surface area (Å²) in [6.45, 7) is 0.501. The normalized spacial score (nSPS) is 10.5. The fraction of sp³-hybridized carbons (Fsp3) is 0.727. The van der Waals surface area contributed by atoms with E-state index in [-0.39, 0.29) is 18.3 Å². The summed E-state index contributed by atoms with van der Waals surface area (Å²) in [5.74, 6) is -2.70. The Labute approximate surface area is 116 Å². The largest absolute Gasteiger partial charge is 0.481 e. The van der Waals surface area contributed by atoms with Gasteiger partial charge in [0.05, 0.1) is 0 Å². The molecule has 0 aliphatic carbocycles. The van der Waals surface area contributed by atoms with Gasteiger partial charge in [-0.25, -0.2) is 0 Å². The van der Waals surface area contributed by atoms with Crippen LogP contribution in [0.5, 0.6) is 0 Å². The molecule has 0 rings (SSSR count). The monoisotopic (exact) mass is 296 g/mol. The zero-order chi connectivity index (χ0) is 15.3. The molecule has 0 aliphatic heterocycles. The van der Waals surface area contributed by atoms with Crippen molar-refractivity contribution < 1.29 is 35.2 Å². The maximum absolute atomic E-state index is 10.0. The van der Waals surface area contributed by atoms with Gasteiger partial charge in [-0.1, -0.05) is 0 Å². The van der Waals surface area contributed by atoms with E-state index in [1.165, 1.54) is 0 Å². The summed E-state index contributed by atoms with van der Waals surface area (Å²) in [6.07, 6.45) is 2.16. The molecule has 0 unspecified atom stereocenters. The number of carboxylic acids is 3. The molecule has 0 saturated carbocycles. The SMILES string of the molecule is NCCC[C@H](N)C(=O)O.O.O=C(O)CCCCC(=O)O. The zero-order valence-electron chi connectivity index (χ0n) is 11.2. The van der Waals surface area contributed by atoms with Crippen molar-refractivity contribution in [3.8, 4) is 0 Å². The number of carboxylic acid groups (broad SMARTS) is 3. The van der Waals surface area contributed by atoms with Crippen LogP contribution in [-0.2, 0) is 14.4 Å². The van der Waals surface area contributed by atoms with Crippen LogP contribution in [0.1, 0.15) is 38.5 Å². The third kappa shape index (κ3) is 21.6. The molecule has 0 aromatic rings. The predicted octanol–water partition coefficient (Wildman–Crippen LogP) is -0.971. The van der Waals surface area contributed by atoms with Crippen LogP contribution in [0, 0.1) is 0 Å². The van der Waals surface area contributed by atoms with E-state index in [1.54, 1.807) is 0 Å².